The van der Waals surface area contributed by atoms with Crippen molar-refractivity contribution in [2.45, 2.75) is 20.4 Å². The number of carbonyl (C=O) groups is 2. The van der Waals surface area contributed by atoms with E-state index in [0.29, 0.717) is 38.9 Å². The zero-order valence-electron chi connectivity index (χ0n) is 19.2. The highest BCUT2D eigenvalue weighted by Crippen LogP contribution is 2.24. The smallest absolute Gasteiger partial charge is 0.337 e. The Kier molecular flexibility index (Phi) is 6.79. The van der Waals surface area contributed by atoms with Crippen LogP contribution < -0.4 is 10.9 Å². The third-order valence-electron chi connectivity index (χ3n) is 5.34. The van der Waals surface area contributed by atoms with Gasteiger partial charge in [0, 0.05) is 22.0 Å². The highest BCUT2D eigenvalue weighted by Gasteiger charge is 2.20. The van der Waals surface area contributed by atoms with Gasteiger partial charge in [-0.05, 0) is 74.0 Å². The molecule has 2 heterocycles. The van der Waals surface area contributed by atoms with Crippen LogP contribution in [0.3, 0.4) is 0 Å². The number of pyridine rings is 1. The van der Waals surface area contributed by atoms with E-state index in [2.05, 4.69) is 20.2 Å². The number of hydrogen-bond acceptors (Lipinski definition) is 7. The molecule has 2 aromatic heterocycles. The summed E-state index contributed by atoms with van der Waals surface area (Å²) in [5.41, 5.74) is 2.57. The van der Waals surface area contributed by atoms with Crippen molar-refractivity contribution in [1.82, 2.24) is 14.7 Å². The number of benzene rings is 2. The Bertz CT molecular complexity index is 1460. The van der Waals surface area contributed by atoms with Gasteiger partial charge in [0.25, 0.3) is 11.4 Å². The maximum absolute atomic E-state index is 13.3. The van der Waals surface area contributed by atoms with E-state index in [4.69, 9.17) is 16.1 Å². The van der Waals surface area contributed by atoms with Gasteiger partial charge in [-0.25, -0.2) is 4.79 Å². The van der Waals surface area contributed by atoms with Crippen molar-refractivity contribution in [3.8, 4) is 22.8 Å². The molecule has 0 spiro atoms. The number of anilines is 1. The molecule has 0 fully saturated rings. The zero-order chi connectivity index (χ0) is 25.1. The fourth-order valence-corrected chi connectivity index (χ4v) is 3.70. The molecule has 178 valence electrons. The van der Waals surface area contributed by atoms with Gasteiger partial charge in [-0.3, -0.25) is 9.59 Å². The lowest BCUT2D eigenvalue weighted by Crippen LogP contribution is -2.30. The number of nitrogens with zero attached hydrogens (tertiary/aromatic N) is 3. The van der Waals surface area contributed by atoms with Gasteiger partial charge in [0.15, 0.2) is 0 Å². The molecule has 0 aliphatic heterocycles. The minimum Gasteiger partial charge on any atom is -0.465 e. The second-order valence-corrected chi connectivity index (χ2v) is 8.22. The van der Waals surface area contributed by atoms with E-state index in [1.165, 1.54) is 23.8 Å². The Balaban J connectivity index is 1.58. The minimum atomic E-state index is -0.475. The SMILES string of the molecule is COC(=O)c1ccc(NC(=O)Cn2c(C)cc(C)c(-c3nc(-c4ccc(Cl)cc4)no3)c2=O)cc1. The van der Waals surface area contributed by atoms with Gasteiger partial charge >= 0.3 is 5.97 Å². The lowest BCUT2D eigenvalue weighted by molar-refractivity contribution is -0.116. The van der Waals surface area contributed by atoms with E-state index in [0.717, 1.165) is 0 Å². The molecular weight excluding hydrogens is 472 g/mol. The summed E-state index contributed by atoms with van der Waals surface area (Å²) in [6, 6.07) is 14.9. The number of rotatable bonds is 6. The Hall–Kier alpha value is -4.24. The van der Waals surface area contributed by atoms with Crippen LogP contribution in [0.2, 0.25) is 5.02 Å². The van der Waals surface area contributed by atoms with E-state index >= 15 is 0 Å². The summed E-state index contributed by atoms with van der Waals surface area (Å²) in [6.07, 6.45) is 0. The topological polar surface area (TPSA) is 116 Å². The van der Waals surface area contributed by atoms with Gasteiger partial charge < -0.3 is 19.1 Å². The summed E-state index contributed by atoms with van der Waals surface area (Å²) in [6.45, 7) is 3.28. The number of amides is 1. The number of esters is 1. The Morgan fingerprint density at radius 3 is 2.43 bits per heavy atom. The number of nitrogens with one attached hydrogen (secondary N) is 1. The average Bonchev–Trinajstić information content (AvgIpc) is 3.31. The van der Waals surface area contributed by atoms with Crippen LogP contribution in [0.5, 0.6) is 0 Å². The molecule has 4 rings (SSSR count). The third-order valence-corrected chi connectivity index (χ3v) is 5.59. The fourth-order valence-electron chi connectivity index (χ4n) is 3.58. The summed E-state index contributed by atoms with van der Waals surface area (Å²) in [4.78, 5) is 42.0. The Morgan fingerprint density at radius 2 is 1.77 bits per heavy atom. The van der Waals surface area contributed by atoms with E-state index in [1.54, 1.807) is 56.3 Å². The zero-order valence-corrected chi connectivity index (χ0v) is 19.9. The van der Waals surface area contributed by atoms with Crippen molar-refractivity contribution in [3.63, 3.8) is 0 Å². The molecule has 0 atom stereocenters. The molecule has 35 heavy (non-hydrogen) atoms. The monoisotopic (exact) mass is 492 g/mol. The summed E-state index contributed by atoms with van der Waals surface area (Å²) in [5, 5.41) is 7.28. The largest absolute Gasteiger partial charge is 0.465 e. The molecule has 0 saturated carbocycles. The molecular formula is C25H21ClN4O5. The molecule has 4 aromatic rings. The third kappa shape index (κ3) is 5.15. The van der Waals surface area contributed by atoms with Crippen LogP contribution in [0.15, 0.2) is 63.9 Å². The van der Waals surface area contributed by atoms with Crippen LogP contribution >= 0.6 is 11.6 Å². The second kappa shape index (κ2) is 9.94. The first-order valence-electron chi connectivity index (χ1n) is 10.6. The number of methoxy groups -OCH3 is 1. The van der Waals surface area contributed by atoms with Crippen molar-refractivity contribution in [1.29, 1.82) is 0 Å². The standard InChI is InChI=1S/C25H21ClN4O5/c1-14-12-15(2)30(13-20(31)27-19-10-6-17(7-11-19)25(33)34-3)24(32)21(14)23-28-22(29-35-23)16-4-8-18(26)9-5-16/h4-12H,13H2,1-3H3,(H,27,31). The molecule has 10 heteroatoms. The van der Waals surface area contributed by atoms with E-state index in [9.17, 15) is 14.4 Å². The molecule has 1 N–H and O–H groups in total. The first-order chi connectivity index (χ1) is 16.8. The number of hydrogen-bond donors (Lipinski definition) is 1. The fraction of sp³-hybridized carbons (Fsp3) is 0.160. The van der Waals surface area contributed by atoms with Gasteiger partial charge in [-0.1, -0.05) is 16.8 Å². The molecule has 0 aliphatic rings. The van der Waals surface area contributed by atoms with Crippen molar-refractivity contribution < 1.29 is 18.8 Å². The van der Waals surface area contributed by atoms with Crippen molar-refractivity contribution in [2.24, 2.45) is 0 Å². The summed E-state index contributed by atoms with van der Waals surface area (Å²) in [5.74, 6) is -0.513. The highest BCUT2D eigenvalue weighted by molar-refractivity contribution is 6.30. The molecule has 0 aliphatic carbocycles. The molecule has 0 radical (unpaired) electrons. The normalized spacial score (nSPS) is 10.7. The molecule has 2 aromatic carbocycles. The quantitative estimate of drug-likeness (QED) is 0.400. The summed E-state index contributed by atoms with van der Waals surface area (Å²) < 4.78 is 11.4. The van der Waals surface area contributed by atoms with Crippen LogP contribution in [0.4, 0.5) is 5.69 Å². The summed E-state index contributed by atoms with van der Waals surface area (Å²) in [7, 11) is 1.29. The van der Waals surface area contributed by atoms with Gasteiger partial charge in [-0.2, -0.15) is 4.98 Å². The van der Waals surface area contributed by atoms with Crippen LogP contribution in [0.25, 0.3) is 22.8 Å². The number of ether oxygens (including phenoxy) is 1. The lowest BCUT2D eigenvalue weighted by Gasteiger charge is -2.13. The van der Waals surface area contributed by atoms with Crippen LogP contribution in [0.1, 0.15) is 21.6 Å². The number of aromatic nitrogens is 3. The van der Waals surface area contributed by atoms with Crippen molar-refractivity contribution >= 4 is 29.2 Å². The van der Waals surface area contributed by atoms with Crippen LogP contribution in [0, 0.1) is 13.8 Å². The molecule has 0 saturated heterocycles. The number of aryl methyl sites for hydroxylation is 2. The molecule has 0 bridgehead atoms. The molecule has 9 nitrogen and oxygen atoms in total. The predicted octanol–water partition coefficient (Wildman–Crippen LogP) is 4.26. The number of carbonyl (C=O) groups excluding carboxylic acids is 2. The molecule has 1 amide bonds. The maximum Gasteiger partial charge on any atom is 0.337 e. The predicted molar refractivity (Wildman–Crippen MR) is 130 cm³/mol. The average molecular weight is 493 g/mol. The van der Waals surface area contributed by atoms with Gasteiger partial charge in [0.1, 0.15) is 12.1 Å². The van der Waals surface area contributed by atoms with Crippen molar-refractivity contribution in [3.05, 3.63) is 86.8 Å². The van der Waals surface area contributed by atoms with Gasteiger partial charge in [0.2, 0.25) is 11.7 Å². The van der Waals surface area contributed by atoms with Crippen LogP contribution in [-0.2, 0) is 16.1 Å². The lowest BCUT2D eigenvalue weighted by atomic mass is 10.1. The van der Waals surface area contributed by atoms with Gasteiger partial charge in [-0.15, -0.1) is 0 Å². The molecule has 0 unspecified atom stereocenters. The second-order valence-electron chi connectivity index (χ2n) is 7.78. The highest BCUT2D eigenvalue weighted by atomic mass is 35.5. The summed E-state index contributed by atoms with van der Waals surface area (Å²) >= 11 is 5.93. The minimum absolute atomic E-state index is 0.0602. The van der Waals surface area contributed by atoms with Gasteiger partial charge in [0.05, 0.1) is 12.7 Å². The van der Waals surface area contributed by atoms with Crippen molar-refractivity contribution in [2.75, 3.05) is 12.4 Å². The van der Waals surface area contributed by atoms with E-state index in [1.807, 2.05) is 0 Å². The Morgan fingerprint density at radius 1 is 1.09 bits per heavy atom. The van der Waals surface area contributed by atoms with Crippen LogP contribution in [-0.4, -0.2) is 33.7 Å². The number of halogens is 1. The first-order valence-corrected chi connectivity index (χ1v) is 10.9. The van der Waals surface area contributed by atoms with E-state index in [-0.39, 0.29) is 18.0 Å². The van der Waals surface area contributed by atoms with E-state index < -0.39 is 17.4 Å². The maximum atomic E-state index is 13.3. The Labute approximate surface area is 205 Å². The first kappa shape index (κ1) is 23.9.